The Morgan fingerprint density at radius 2 is 1.31 bits per heavy atom. The molecule has 0 radical (unpaired) electrons. The van der Waals surface area contributed by atoms with E-state index in [0.29, 0.717) is 50.9 Å². The van der Waals surface area contributed by atoms with E-state index in [0.717, 1.165) is 51.3 Å². The number of carbonyl (C=O) groups is 14. The number of nitrogens with two attached hydrogens (primary N) is 2. The predicted octanol–water partition coefficient (Wildman–Crippen LogP) is -2.11. The number of phenolic OH excluding ortho intramolecular Hbond substituents is 1. The summed E-state index contributed by atoms with van der Waals surface area (Å²) in [6.45, 7) is 2.11. The number of likely N-dealkylation sites (N-methyl/N-ethyl adjacent to an activating group) is 1. The molecule has 0 bridgehead atoms. The number of nitrogens with one attached hydrogen (secondary N) is 12. The SMILES string of the molecule is CCCC[C@H](NC(=O)[C@@H](CO)NC(=O)CN(CCN(C)C)C(=O)O[C@]1(CC)C(=O)OCc2c1cc1n(c2=O)Cc2cc3ccccc3nc2-1)C(=O)N[C@H](Cc1ccc(O)cc1)C(=O)N[C@H](CO)C(=O)NC1CSSC[C@H](C(=O)N[C@H](C(N)=O)[C@@H](C)O)NC(=O)C([C@@H](C)O)NC(=O)[C@H](CCCN)NC(=O)[C@@H](Cc2c[nH]c3ccccc23)NC(=O)C(Cc2ccccc2)NC1=O. The van der Waals surface area contributed by atoms with Crippen LogP contribution in [0.3, 0.4) is 0 Å². The van der Waals surface area contributed by atoms with Crippen molar-refractivity contribution in [2.24, 2.45) is 11.5 Å². The number of aromatic nitrogens is 3. The van der Waals surface area contributed by atoms with E-state index in [1.54, 1.807) is 99.7 Å². The lowest BCUT2D eigenvalue weighted by Gasteiger charge is -2.37. The summed E-state index contributed by atoms with van der Waals surface area (Å²) in [6, 6.07) is 12.6. The topological polar surface area (TPSA) is 600 Å². The highest BCUT2D eigenvalue weighted by Crippen LogP contribution is 2.42. The Hall–Kier alpha value is -12.6. The maximum absolute atomic E-state index is 15.3. The quantitative estimate of drug-likeness (QED) is 0.0149. The number of nitrogens with zero attached hydrogens (tertiary/aromatic N) is 4. The molecule has 21 N–H and O–H groups in total. The van der Waals surface area contributed by atoms with E-state index in [1.807, 2.05) is 30.3 Å². The number of pyridine rings is 2. The molecule has 1 fully saturated rings. The molecule has 0 aliphatic carbocycles. The average Bonchev–Trinajstić information content (AvgIpc) is 1.62. The first-order valence-corrected chi connectivity index (χ1v) is 44.6. The van der Waals surface area contributed by atoms with Gasteiger partial charge in [0.05, 0.1) is 54.4 Å². The first kappa shape index (κ1) is 98.6. The molecule has 0 saturated carbocycles. The molecular weight excluding hydrogens is 1710 g/mol. The third-order valence-corrected chi connectivity index (χ3v) is 24.6. The number of hydrogen-bond acceptors (Lipinski definition) is 27. The van der Waals surface area contributed by atoms with Crippen LogP contribution < -0.4 is 75.5 Å². The zero-order chi connectivity index (χ0) is 93.5. The second-order valence-electron chi connectivity index (χ2n) is 31.9. The molecule has 692 valence electrons. The number of unbranched alkanes of at least 4 members (excludes halogenated alkanes) is 1. The Kier molecular flexibility index (Phi) is 35.1. The van der Waals surface area contributed by atoms with Crippen molar-refractivity contribution in [2.75, 3.05) is 65.0 Å². The van der Waals surface area contributed by atoms with E-state index in [1.165, 1.54) is 28.8 Å². The van der Waals surface area contributed by atoms with Crippen molar-refractivity contribution >= 4 is 126 Å². The number of benzene rings is 4. The normalized spacial score (nSPS) is 20.2. The van der Waals surface area contributed by atoms with Gasteiger partial charge in [-0.15, -0.1) is 0 Å². The second kappa shape index (κ2) is 45.9. The Bertz CT molecular complexity index is 5310. The number of cyclic esters (lactones) is 1. The van der Waals surface area contributed by atoms with E-state index < -0.39 is 217 Å². The van der Waals surface area contributed by atoms with Crippen LogP contribution >= 0.6 is 21.6 Å². The highest BCUT2D eigenvalue weighted by Gasteiger charge is 2.52. The number of para-hydroxylation sites is 2. The Balaban J connectivity index is 0.896. The highest BCUT2D eigenvalue weighted by molar-refractivity contribution is 8.76. The van der Waals surface area contributed by atoms with Gasteiger partial charge in [-0.2, -0.15) is 0 Å². The summed E-state index contributed by atoms with van der Waals surface area (Å²) in [6.07, 6.45) is -3.56. The average molecular weight is 1820 g/mol. The number of aliphatic hydroxyl groups is 4. The lowest BCUT2D eigenvalue weighted by Crippen LogP contribution is -2.63. The van der Waals surface area contributed by atoms with Gasteiger partial charge in [0.2, 0.25) is 76.5 Å². The molecule has 6 heterocycles. The third-order valence-electron chi connectivity index (χ3n) is 22.1. The van der Waals surface area contributed by atoms with Crippen LogP contribution in [0.15, 0.2) is 126 Å². The number of fused-ring (bicyclic) bond motifs is 6. The smallest absolute Gasteiger partial charge is 0.411 e. The van der Waals surface area contributed by atoms with Crippen molar-refractivity contribution in [1.82, 2.24) is 82.8 Å². The second-order valence-corrected chi connectivity index (χ2v) is 34.5. The van der Waals surface area contributed by atoms with Crippen molar-refractivity contribution in [3.63, 3.8) is 0 Å². The van der Waals surface area contributed by atoms with E-state index in [2.05, 4.69) is 63.5 Å². The number of carbonyl (C=O) groups excluding carboxylic acids is 14. The van der Waals surface area contributed by atoms with E-state index in [-0.39, 0.29) is 88.0 Å². The number of ether oxygens (including phenoxy) is 2. The molecule has 13 amide bonds. The van der Waals surface area contributed by atoms with E-state index in [9.17, 15) is 87.9 Å². The maximum atomic E-state index is 15.3. The van der Waals surface area contributed by atoms with Crippen LogP contribution in [0, 0.1) is 0 Å². The molecule has 3 unspecified atom stereocenters. The molecule has 14 atom stereocenters. The van der Waals surface area contributed by atoms with E-state index >= 15 is 9.59 Å². The number of aromatic hydroxyl groups is 1. The van der Waals surface area contributed by atoms with Gasteiger partial charge in [-0.25, -0.2) is 14.6 Å². The van der Waals surface area contributed by atoms with Crippen LogP contribution in [0.5, 0.6) is 5.75 Å². The van der Waals surface area contributed by atoms with Crippen LogP contribution in [-0.4, -0.2) is 276 Å². The number of rotatable bonds is 35. The fourth-order valence-corrected chi connectivity index (χ4v) is 17.2. The first-order chi connectivity index (χ1) is 61.7. The number of phenols is 1. The molecule has 3 aliphatic rings. The number of hydrogen-bond donors (Lipinski definition) is 19. The van der Waals surface area contributed by atoms with Crippen LogP contribution in [0.2, 0.25) is 0 Å². The minimum absolute atomic E-state index is 0.00442. The number of amides is 13. The molecule has 40 nitrogen and oxygen atoms in total. The molecule has 0 spiro atoms. The molecular formula is C87H110N18O22S2. The highest BCUT2D eigenvalue weighted by atomic mass is 33.1. The summed E-state index contributed by atoms with van der Waals surface area (Å²) in [4.78, 5) is 228. The van der Waals surface area contributed by atoms with E-state index in [4.69, 9.17) is 25.9 Å². The van der Waals surface area contributed by atoms with Gasteiger partial charge in [-0.05, 0) is 113 Å². The summed E-state index contributed by atoms with van der Waals surface area (Å²) in [5.41, 5.74) is 13.0. The van der Waals surface area contributed by atoms with Crippen LogP contribution in [0.4, 0.5) is 4.79 Å². The minimum Gasteiger partial charge on any atom is -0.508 e. The van der Waals surface area contributed by atoms with Crippen molar-refractivity contribution in [1.29, 1.82) is 0 Å². The van der Waals surface area contributed by atoms with Crippen molar-refractivity contribution in [3.05, 3.63) is 165 Å². The molecule has 3 aromatic heterocycles. The van der Waals surface area contributed by atoms with Crippen LogP contribution in [0.1, 0.15) is 99.6 Å². The zero-order valence-electron chi connectivity index (χ0n) is 71.9. The van der Waals surface area contributed by atoms with Gasteiger partial charge in [0.15, 0.2) is 0 Å². The standard InChI is InChI=1S/C87H110N18O22S2/c1-7-9-22-59(94-79(118)64(41-106)91-69(111)40-104(32-31-103(5)6)86(125)127-87(8-2)56-37-68-72-52(35-50-20-13-15-23-57(50)92-72)39-105(68)84(123)55(56)43-126-85(87)124)74(113)95-62(34-49-26-28-53(110)29-27-49)77(116)98-65(42-107)80(119)99-66-44-128-129-45-67(82(121)101-70(46(3)108)73(89)112)100-83(122)71(47(4)109)102-75(114)60(25-17-30-88)93-78(117)63(36-51-38-90-58-24-16-14-21-54(51)58)97-76(115)61(96-81(66)120)33-48-18-11-10-12-19-48/h10-16,18-21,23-24,26-29,35,37-38,46-47,59-67,70-71,90,106-110H,7-9,17,22,25,30-34,36,39-45,88H2,1-6H3,(H2,89,112)(H,91,111)(H,93,117)(H,94,118)(H,95,113)(H,96,120)(H,97,115)(H,98,116)(H,99,119)(H,100,122)(H,101,121)(H,102,114)/t46-,47-,59+,60+,61?,62-,63-,64-,65-,66?,67-,70+,71?,87+/m1/s1. The maximum Gasteiger partial charge on any atom is 0.411 e. The fourth-order valence-electron chi connectivity index (χ4n) is 14.9. The summed E-state index contributed by atoms with van der Waals surface area (Å²) < 4.78 is 13.2. The van der Waals surface area contributed by atoms with Gasteiger partial charge in [0.1, 0.15) is 85.4 Å². The number of aromatic amines is 1. The number of esters is 1. The monoisotopic (exact) mass is 1820 g/mol. The molecule has 4 aromatic carbocycles. The lowest BCUT2D eigenvalue weighted by atomic mass is 9.85. The third kappa shape index (κ3) is 25.5. The molecule has 129 heavy (non-hydrogen) atoms. The molecule has 42 heteroatoms. The number of H-pyrrole nitrogens is 1. The molecule has 10 rings (SSSR count). The molecule has 7 aromatic rings. The van der Waals surface area contributed by atoms with Gasteiger partial charge in [-0.1, -0.05) is 127 Å². The van der Waals surface area contributed by atoms with Gasteiger partial charge in [0, 0.05) is 77.5 Å². The first-order valence-electron chi connectivity index (χ1n) is 42.2. The lowest BCUT2D eigenvalue weighted by molar-refractivity contribution is -0.173. The van der Waals surface area contributed by atoms with Gasteiger partial charge in [-0.3, -0.25) is 67.2 Å². The van der Waals surface area contributed by atoms with Crippen LogP contribution in [-0.2, 0) is 110 Å². The fraction of sp³-hybridized carbons (Fsp3) is 0.448. The van der Waals surface area contributed by atoms with Gasteiger partial charge >= 0.3 is 12.1 Å². The summed E-state index contributed by atoms with van der Waals surface area (Å²) in [7, 11) is 4.92. The molecule has 1 saturated heterocycles. The number of aliphatic hydroxyl groups excluding tert-OH is 4. The Labute approximate surface area is 749 Å². The zero-order valence-corrected chi connectivity index (χ0v) is 73.6. The molecule has 3 aliphatic heterocycles. The van der Waals surface area contributed by atoms with Crippen LogP contribution in [0.25, 0.3) is 33.2 Å². The van der Waals surface area contributed by atoms with Crippen molar-refractivity contribution in [2.45, 2.75) is 183 Å². The minimum atomic E-state index is -2.22. The Morgan fingerprint density at radius 1 is 0.682 bits per heavy atom. The van der Waals surface area contributed by atoms with Crippen molar-refractivity contribution in [3.8, 4) is 17.1 Å². The van der Waals surface area contributed by atoms with Gasteiger partial charge in [0.25, 0.3) is 5.56 Å². The van der Waals surface area contributed by atoms with Crippen molar-refractivity contribution < 1.29 is 102 Å². The largest absolute Gasteiger partial charge is 0.508 e. The summed E-state index contributed by atoms with van der Waals surface area (Å²) >= 11 is 0. The van der Waals surface area contributed by atoms with Gasteiger partial charge < -0.3 is 119 Å². The summed E-state index contributed by atoms with van der Waals surface area (Å²) in [5.74, 6) is -15.3. The number of primary amides is 1. The predicted molar refractivity (Wildman–Crippen MR) is 474 cm³/mol. The summed E-state index contributed by atoms with van der Waals surface area (Å²) in [5, 5.41) is 83.1. The Morgan fingerprint density at radius 3 is 1.98 bits per heavy atom.